The van der Waals surface area contributed by atoms with Crippen LogP contribution in [0.2, 0.25) is 0 Å². The zero-order valence-electron chi connectivity index (χ0n) is 11.4. The summed E-state index contributed by atoms with van der Waals surface area (Å²) in [6.45, 7) is 0. The van der Waals surface area contributed by atoms with E-state index < -0.39 is 34.7 Å². The second-order valence-corrected chi connectivity index (χ2v) is 4.61. The van der Waals surface area contributed by atoms with Crippen LogP contribution in [0.4, 0.5) is 18.9 Å². The SMILES string of the molecule is O=C(Nc1ccc(F)c(F)c1F)c1nc(=O)[nH]c2ccccc12. The molecule has 116 valence electrons. The molecular weight excluding hydrogens is 311 g/mol. The first-order valence-corrected chi connectivity index (χ1v) is 6.41. The lowest BCUT2D eigenvalue weighted by Gasteiger charge is -2.08. The Hall–Kier alpha value is -3.16. The van der Waals surface area contributed by atoms with E-state index in [1.54, 1.807) is 18.2 Å². The number of aromatic nitrogens is 2. The van der Waals surface area contributed by atoms with E-state index in [9.17, 15) is 22.8 Å². The van der Waals surface area contributed by atoms with Gasteiger partial charge in [-0.1, -0.05) is 18.2 Å². The lowest BCUT2D eigenvalue weighted by atomic mass is 10.1. The van der Waals surface area contributed by atoms with Crippen molar-refractivity contribution in [1.82, 2.24) is 9.97 Å². The highest BCUT2D eigenvalue weighted by Gasteiger charge is 2.18. The number of amides is 1. The number of para-hydroxylation sites is 1. The number of H-pyrrole nitrogens is 1. The fraction of sp³-hybridized carbons (Fsp3) is 0. The summed E-state index contributed by atoms with van der Waals surface area (Å²) in [4.78, 5) is 29.7. The summed E-state index contributed by atoms with van der Waals surface area (Å²) in [5.74, 6) is -5.53. The molecule has 0 radical (unpaired) electrons. The third-order valence-corrected chi connectivity index (χ3v) is 3.14. The average Bonchev–Trinajstić information content (AvgIpc) is 2.54. The van der Waals surface area contributed by atoms with Gasteiger partial charge < -0.3 is 10.3 Å². The molecule has 1 amide bonds. The molecular formula is C15H8F3N3O2. The van der Waals surface area contributed by atoms with Gasteiger partial charge in [-0.3, -0.25) is 4.79 Å². The van der Waals surface area contributed by atoms with Crippen LogP contribution in [0, 0.1) is 17.5 Å². The van der Waals surface area contributed by atoms with Crippen molar-refractivity contribution in [2.45, 2.75) is 0 Å². The van der Waals surface area contributed by atoms with Crippen molar-refractivity contribution < 1.29 is 18.0 Å². The van der Waals surface area contributed by atoms with E-state index in [0.29, 0.717) is 17.0 Å². The molecule has 0 aliphatic rings. The van der Waals surface area contributed by atoms with Gasteiger partial charge in [0.15, 0.2) is 17.5 Å². The van der Waals surface area contributed by atoms with E-state index in [1.165, 1.54) is 6.07 Å². The summed E-state index contributed by atoms with van der Waals surface area (Å²) in [5, 5.41) is 2.40. The molecule has 0 atom stereocenters. The topological polar surface area (TPSA) is 74.8 Å². The fourth-order valence-corrected chi connectivity index (χ4v) is 2.08. The van der Waals surface area contributed by atoms with Crippen molar-refractivity contribution in [3.63, 3.8) is 0 Å². The molecule has 0 bridgehead atoms. The molecule has 0 saturated carbocycles. The van der Waals surface area contributed by atoms with Gasteiger partial charge in [-0.25, -0.2) is 18.0 Å². The van der Waals surface area contributed by atoms with Crippen molar-refractivity contribution >= 4 is 22.5 Å². The Morgan fingerprint density at radius 2 is 1.78 bits per heavy atom. The Morgan fingerprint density at radius 1 is 1.04 bits per heavy atom. The van der Waals surface area contributed by atoms with E-state index in [-0.39, 0.29) is 5.69 Å². The quantitative estimate of drug-likeness (QED) is 0.713. The second kappa shape index (κ2) is 5.56. The molecule has 5 nitrogen and oxygen atoms in total. The number of carbonyl (C=O) groups is 1. The Labute approximate surface area is 126 Å². The highest BCUT2D eigenvalue weighted by atomic mass is 19.2. The minimum atomic E-state index is -1.70. The van der Waals surface area contributed by atoms with E-state index in [0.717, 1.165) is 6.07 Å². The molecule has 0 unspecified atom stereocenters. The molecule has 0 saturated heterocycles. The van der Waals surface area contributed by atoms with Gasteiger partial charge in [0.25, 0.3) is 5.91 Å². The maximum absolute atomic E-state index is 13.6. The van der Waals surface area contributed by atoms with Gasteiger partial charge in [-0.15, -0.1) is 0 Å². The predicted molar refractivity (Wildman–Crippen MR) is 76.6 cm³/mol. The number of nitrogens with zero attached hydrogens (tertiary/aromatic N) is 1. The van der Waals surface area contributed by atoms with Crippen LogP contribution in [0.5, 0.6) is 0 Å². The second-order valence-electron chi connectivity index (χ2n) is 4.61. The Bertz CT molecular complexity index is 985. The summed E-state index contributed by atoms with van der Waals surface area (Å²) in [6.07, 6.45) is 0. The number of hydrogen-bond acceptors (Lipinski definition) is 3. The van der Waals surface area contributed by atoms with Gasteiger partial charge in [0, 0.05) is 5.39 Å². The lowest BCUT2D eigenvalue weighted by Crippen LogP contribution is -2.21. The van der Waals surface area contributed by atoms with Crippen molar-refractivity contribution in [2.24, 2.45) is 0 Å². The number of hydrogen-bond donors (Lipinski definition) is 2. The highest BCUT2D eigenvalue weighted by Crippen LogP contribution is 2.21. The van der Waals surface area contributed by atoms with Gasteiger partial charge in [0.05, 0.1) is 11.2 Å². The van der Waals surface area contributed by atoms with Crippen LogP contribution in [0.1, 0.15) is 10.5 Å². The standard InChI is InChI=1S/C15H8F3N3O2/c16-8-5-6-10(12(18)11(8)17)19-14(22)13-7-3-1-2-4-9(7)20-15(23)21-13/h1-6H,(H,19,22)(H,20,21,23). The van der Waals surface area contributed by atoms with Crippen LogP contribution in [-0.4, -0.2) is 15.9 Å². The molecule has 2 N–H and O–H groups in total. The smallest absolute Gasteiger partial charge is 0.318 e. The number of nitrogens with one attached hydrogen (secondary N) is 2. The van der Waals surface area contributed by atoms with E-state index in [2.05, 4.69) is 15.3 Å². The monoisotopic (exact) mass is 319 g/mol. The Balaban J connectivity index is 2.05. The van der Waals surface area contributed by atoms with Crippen LogP contribution in [0.3, 0.4) is 0 Å². The number of halogens is 3. The highest BCUT2D eigenvalue weighted by molar-refractivity contribution is 6.10. The van der Waals surface area contributed by atoms with Crippen molar-refractivity contribution in [2.75, 3.05) is 5.32 Å². The van der Waals surface area contributed by atoms with Crippen molar-refractivity contribution in [1.29, 1.82) is 0 Å². The van der Waals surface area contributed by atoms with E-state index in [1.807, 2.05) is 0 Å². The average molecular weight is 319 g/mol. The minimum absolute atomic E-state index is 0.256. The summed E-state index contributed by atoms with van der Waals surface area (Å²) in [6, 6.07) is 7.92. The number of anilines is 1. The third-order valence-electron chi connectivity index (χ3n) is 3.14. The first kappa shape index (κ1) is 14.8. The molecule has 0 aliphatic carbocycles. The number of fused-ring (bicyclic) bond motifs is 1. The first-order chi connectivity index (χ1) is 11.0. The molecule has 3 rings (SSSR count). The zero-order valence-corrected chi connectivity index (χ0v) is 11.4. The van der Waals surface area contributed by atoms with Crippen molar-refractivity contribution in [3.8, 4) is 0 Å². The number of benzene rings is 2. The molecule has 3 aromatic rings. The number of rotatable bonds is 2. The third kappa shape index (κ3) is 2.66. The molecule has 0 spiro atoms. The van der Waals surface area contributed by atoms with Gasteiger partial charge >= 0.3 is 5.69 Å². The Kier molecular flexibility index (Phi) is 3.57. The van der Waals surface area contributed by atoms with Crippen molar-refractivity contribution in [3.05, 3.63) is 70.0 Å². The predicted octanol–water partition coefficient (Wildman–Crippen LogP) is 2.59. The van der Waals surface area contributed by atoms with Gasteiger partial charge in [-0.2, -0.15) is 4.98 Å². The van der Waals surface area contributed by atoms with Crippen LogP contribution >= 0.6 is 0 Å². The van der Waals surface area contributed by atoms with Crippen LogP contribution in [0.25, 0.3) is 10.9 Å². The molecule has 0 aliphatic heterocycles. The first-order valence-electron chi connectivity index (χ1n) is 6.41. The van der Waals surface area contributed by atoms with Crippen LogP contribution < -0.4 is 11.0 Å². The fourth-order valence-electron chi connectivity index (χ4n) is 2.08. The minimum Gasteiger partial charge on any atom is -0.318 e. The number of aromatic amines is 1. The summed E-state index contributed by atoms with van der Waals surface area (Å²) in [7, 11) is 0. The normalized spacial score (nSPS) is 10.7. The maximum atomic E-state index is 13.6. The van der Waals surface area contributed by atoms with Crippen LogP contribution in [-0.2, 0) is 0 Å². The van der Waals surface area contributed by atoms with E-state index in [4.69, 9.17) is 0 Å². The largest absolute Gasteiger partial charge is 0.346 e. The van der Waals surface area contributed by atoms with Gasteiger partial charge in [0.1, 0.15) is 5.69 Å². The molecule has 8 heteroatoms. The summed E-state index contributed by atoms with van der Waals surface area (Å²) < 4.78 is 39.7. The van der Waals surface area contributed by atoms with Crippen LogP contribution in [0.15, 0.2) is 41.2 Å². The molecule has 2 aromatic carbocycles. The molecule has 1 heterocycles. The lowest BCUT2D eigenvalue weighted by molar-refractivity contribution is 0.102. The van der Waals surface area contributed by atoms with Gasteiger partial charge in [0.2, 0.25) is 0 Å². The van der Waals surface area contributed by atoms with Gasteiger partial charge in [-0.05, 0) is 18.2 Å². The zero-order chi connectivity index (χ0) is 16.6. The van der Waals surface area contributed by atoms with E-state index >= 15 is 0 Å². The molecule has 23 heavy (non-hydrogen) atoms. The summed E-state index contributed by atoms with van der Waals surface area (Å²) in [5.41, 5.74) is -1.21. The summed E-state index contributed by atoms with van der Waals surface area (Å²) >= 11 is 0. The molecule has 1 aromatic heterocycles. The Morgan fingerprint density at radius 3 is 2.57 bits per heavy atom. The number of carbonyl (C=O) groups excluding carboxylic acids is 1. The molecule has 0 fully saturated rings. The maximum Gasteiger partial charge on any atom is 0.346 e.